The van der Waals surface area contributed by atoms with Crippen molar-refractivity contribution in [2.24, 2.45) is 0 Å². The van der Waals surface area contributed by atoms with E-state index in [-0.39, 0.29) is 0 Å². The summed E-state index contributed by atoms with van der Waals surface area (Å²) in [4.78, 5) is 4.27. The van der Waals surface area contributed by atoms with E-state index in [1.54, 1.807) is 0 Å². The van der Waals surface area contributed by atoms with Crippen LogP contribution in [0, 0.1) is 6.92 Å². The van der Waals surface area contributed by atoms with Crippen LogP contribution in [0.5, 0.6) is 0 Å². The van der Waals surface area contributed by atoms with E-state index in [9.17, 15) is 0 Å². The molecule has 0 radical (unpaired) electrons. The Labute approximate surface area is 109 Å². The molecule has 0 fully saturated rings. The molecule has 0 aliphatic carbocycles. The molecule has 0 aliphatic rings. The zero-order valence-corrected chi connectivity index (χ0v) is 10.8. The van der Waals surface area contributed by atoms with E-state index in [2.05, 4.69) is 48.3 Å². The van der Waals surface area contributed by atoms with E-state index in [1.165, 1.54) is 36.5 Å². The Morgan fingerprint density at radius 1 is 1.06 bits per heavy atom. The van der Waals surface area contributed by atoms with Gasteiger partial charge >= 0.3 is 0 Å². The lowest BCUT2D eigenvalue weighted by Crippen LogP contribution is -1.79. The van der Waals surface area contributed by atoms with E-state index in [4.69, 9.17) is 0 Å². The first kappa shape index (κ1) is 10.0. The van der Waals surface area contributed by atoms with Gasteiger partial charge in [-0.1, -0.05) is 24.3 Å². The van der Waals surface area contributed by atoms with Crippen molar-refractivity contribution in [1.29, 1.82) is 0 Å². The molecular formula is C16H11NS. The number of hydrogen-bond acceptors (Lipinski definition) is 2. The molecule has 2 aromatic carbocycles. The van der Waals surface area contributed by atoms with Crippen molar-refractivity contribution < 1.29 is 0 Å². The van der Waals surface area contributed by atoms with Crippen LogP contribution in [0.15, 0.2) is 48.8 Å². The summed E-state index contributed by atoms with van der Waals surface area (Å²) in [6.07, 6.45) is 3.84. The molecule has 0 saturated carbocycles. The smallest absolute Gasteiger partial charge is 0.0451 e. The van der Waals surface area contributed by atoms with Gasteiger partial charge in [0.25, 0.3) is 0 Å². The molecule has 0 atom stereocenters. The highest BCUT2D eigenvalue weighted by Gasteiger charge is 2.10. The summed E-state index contributed by atoms with van der Waals surface area (Å²) >= 11 is 1.87. The second-order valence-corrected chi connectivity index (χ2v) is 5.64. The molecule has 0 aliphatic heterocycles. The predicted molar refractivity (Wildman–Crippen MR) is 79.4 cm³/mol. The van der Waals surface area contributed by atoms with Gasteiger partial charge in [0, 0.05) is 38.0 Å². The Morgan fingerprint density at radius 2 is 1.94 bits per heavy atom. The third-order valence-corrected chi connectivity index (χ3v) is 4.67. The quantitative estimate of drug-likeness (QED) is 0.431. The van der Waals surface area contributed by atoms with Crippen LogP contribution < -0.4 is 0 Å². The fraction of sp³-hybridized carbons (Fsp3) is 0.0625. The van der Waals surface area contributed by atoms with Crippen molar-refractivity contribution in [2.75, 3.05) is 0 Å². The van der Waals surface area contributed by atoms with Crippen molar-refractivity contribution in [3.8, 4) is 0 Å². The Balaban J connectivity index is 2.38. The Hall–Kier alpha value is -1.93. The van der Waals surface area contributed by atoms with Crippen LogP contribution in [0.1, 0.15) is 5.56 Å². The lowest BCUT2D eigenvalue weighted by Gasteiger charge is -2.02. The van der Waals surface area contributed by atoms with Crippen molar-refractivity contribution in [3.05, 3.63) is 54.4 Å². The third-order valence-electron chi connectivity index (χ3n) is 3.46. The molecule has 0 unspecified atom stereocenters. The Kier molecular flexibility index (Phi) is 1.97. The highest BCUT2D eigenvalue weighted by atomic mass is 32.1. The van der Waals surface area contributed by atoms with Gasteiger partial charge in [-0.25, -0.2) is 0 Å². The first-order valence-electron chi connectivity index (χ1n) is 5.99. The predicted octanol–water partition coefficient (Wildman–Crippen LogP) is 4.91. The third kappa shape index (κ3) is 1.24. The summed E-state index contributed by atoms with van der Waals surface area (Å²) < 4.78 is 2.71. The maximum atomic E-state index is 4.27. The molecule has 1 nitrogen and oxygen atoms in total. The minimum atomic E-state index is 1.26. The Morgan fingerprint density at radius 3 is 2.89 bits per heavy atom. The number of aromatic nitrogens is 1. The fourth-order valence-electron chi connectivity index (χ4n) is 2.65. The zero-order valence-electron chi connectivity index (χ0n) is 9.97. The maximum Gasteiger partial charge on any atom is 0.0451 e. The van der Waals surface area contributed by atoms with Crippen molar-refractivity contribution in [3.63, 3.8) is 0 Å². The van der Waals surface area contributed by atoms with Crippen LogP contribution in [-0.4, -0.2) is 4.98 Å². The number of hydrogen-bond donors (Lipinski definition) is 0. The molecule has 2 heteroatoms. The van der Waals surface area contributed by atoms with Crippen LogP contribution in [0.3, 0.4) is 0 Å². The number of benzene rings is 2. The number of pyridine rings is 1. The lowest BCUT2D eigenvalue weighted by atomic mass is 10.0. The van der Waals surface area contributed by atoms with Gasteiger partial charge in [0.2, 0.25) is 0 Å². The molecule has 86 valence electrons. The van der Waals surface area contributed by atoms with Gasteiger partial charge in [-0.15, -0.1) is 11.3 Å². The summed E-state index contributed by atoms with van der Waals surface area (Å²) in [5, 5.41) is 5.29. The van der Waals surface area contributed by atoms with Crippen LogP contribution >= 0.6 is 11.3 Å². The number of thiophene rings is 1. The molecule has 18 heavy (non-hydrogen) atoms. The molecule has 0 amide bonds. The minimum absolute atomic E-state index is 1.26. The Bertz CT molecular complexity index is 889. The van der Waals surface area contributed by atoms with E-state index < -0.39 is 0 Å². The average Bonchev–Trinajstić information content (AvgIpc) is 2.79. The van der Waals surface area contributed by atoms with Gasteiger partial charge in [-0.2, -0.15) is 0 Å². The second-order valence-electron chi connectivity index (χ2n) is 4.59. The standard InChI is InChI=1S/C16H11NS/c1-10-8-11-6-7-17-9-13(11)16-15(10)12-4-2-3-5-14(12)18-16/h2-9H,1H3. The van der Waals surface area contributed by atoms with Gasteiger partial charge in [-0.05, 0) is 30.0 Å². The van der Waals surface area contributed by atoms with Crippen LogP contribution in [0.2, 0.25) is 0 Å². The SMILES string of the molecule is Cc1cc2ccncc2c2sc3ccccc3c12. The minimum Gasteiger partial charge on any atom is -0.264 e. The largest absolute Gasteiger partial charge is 0.264 e. The van der Waals surface area contributed by atoms with Crippen molar-refractivity contribution in [1.82, 2.24) is 4.98 Å². The van der Waals surface area contributed by atoms with E-state index >= 15 is 0 Å². The van der Waals surface area contributed by atoms with Crippen LogP contribution in [0.4, 0.5) is 0 Å². The van der Waals surface area contributed by atoms with Gasteiger partial charge in [0.05, 0.1) is 0 Å². The number of aryl methyl sites for hydroxylation is 1. The number of rotatable bonds is 0. The molecule has 4 rings (SSSR count). The highest BCUT2D eigenvalue weighted by Crippen LogP contribution is 2.39. The van der Waals surface area contributed by atoms with Gasteiger partial charge < -0.3 is 0 Å². The maximum absolute atomic E-state index is 4.27. The first-order chi connectivity index (χ1) is 8.84. The van der Waals surface area contributed by atoms with Crippen molar-refractivity contribution in [2.45, 2.75) is 6.92 Å². The monoisotopic (exact) mass is 249 g/mol. The summed E-state index contributed by atoms with van der Waals surface area (Å²) in [6, 6.07) is 13.0. The van der Waals surface area contributed by atoms with Crippen LogP contribution in [-0.2, 0) is 0 Å². The second kappa shape index (κ2) is 3.53. The lowest BCUT2D eigenvalue weighted by molar-refractivity contribution is 1.37. The summed E-state index contributed by atoms with van der Waals surface area (Å²) in [6.45, 7) is 2.20. The van der Waals surface area contributed by atoms with E-state index in [0.717, 1.165) is 0 Å². The molecule has 4 aromatic rings. The summed E-state index contributed by atoms with van der Waals surface area (Å²) in [5.41, 5.74) is 1.35. The molecule has 2 heterocycles. The topological polar surface area (TPSA) is 12.9 Å². The summed E-state index contributed by atoms with van der Waals surface area (Å²) in [7, 11) is 0. The van der Waals surface area contributed by atoms with Gasteiger partial charge in [-0.3, -0.25) is 4.98 Å². The van der Waals surface area contributed by atoms with E-state index in [0.29, 0.717) is 0 Å². The van der Waals surface area contributed by atoms with Gasteiger partial charge in [0.1, 0.15) is 0 Å². The molecular weight excluding hydrogens is 238 g/mol. The number of nitrogens with zero attached hydrogens (tertiary/aromatic N) is 1. The van der Waals surface area contributed by atoms with E-state index in [1.807, 2.05) is 23.7 Å². The average molecular weight is 249 g/mol. The molecule has 0 spiro atoms. The fourth-order valence-corrected chi connectivity index (χ4v) is 3.95. The first-order valence-corrected chi connectivity index (χ1v) is 6.81. The zero-order chi connectivity index (χ0) is 12.1. The van der Waals surface area contributed by atoms with Crippen molar-refractivity contribution >= 4 is 42.3 Å². The molecule has 0 bridgehead atoms. The molecule has 2 aromatic heterocycles. The number of fused-ring (bicyclic) bond motifs is 5. The molecule has 0 N–H and O–H groups in total. The molecule has 0 saturated heterocycles. The summed E-state index contributed by atoms with van der Waals surface area (Å²) in [5.74, 6) is 0. The van der Waals surface area contributed by atoms with Gasteiger partial charge in [0.15, 0.2) is 0 Å². The highest BCUT2D eigenvalue weighted by molar-refractivity contribution is 7.26. The normalized spacial score (nSPS) is 11.6. The van der Waals surface area contributed by atoms with Crippen LogP contribution in [0.25, 0.3) is 30.9 Å².